The molecule has 0 heterocycles. The van der Waals surface area contributed by atoms with Gasteiger partial charge in [0, 0.05) is 11.3 Å². The highest BCUT2D eigenvalue weighted by Crippen LogP contribution is 2.75. The number of aliphatic carboxylic acids is 1. The van der Waals surface area contributed by atoms with E-state index in [1.165, 1.54) is 0 Å². The normalized spacial score (nSPS) is 52.9. The highest BCUT2D eigenvalue weighted by atomic mass is 16.4. The summed E-state index contributed by atoms with van der Waals surface area (Å²) in [5.41, 5.74) is -1.03. The fourth-order valence-electron chi connectivity index (χ4n) is 10.4. The van der Waals surface area contributed by atoms with Gasteiger partial charge in [0.25, 0.3) is 0 Å². The fraction of sp³-hybridized carbons (Fsp3) is 0.867. The SMILES string of the molecule is CC1(C(=O)O)CCC2(C)CCC3(C)C(=CC(=O)C4C5(C)CCC(O)C(C)(C)C5CCC43CO)C2C1. The van der Waals surface area contributed by atoms with Gasteiger partial charge in [0.2, 0.25) is 0 Å². The first-order valence-corrected chi connectivity index (χ1v) is 13.9. The van der Waals surface area contributed by atoms with Gasteiger partial charge in [-0.2, -0.15) is 0 Å². The second kappa shape index (κ2) is 7.43. The van der Waals surface area contributed by atoms with Crippen molar-refractivity contribution in [3.63, 3.8) is 0 Å². The summed E-state index contributed by atoms with van der Waals surface area (Å²) in [5.74, 6) is -0.583. The van der Waals surface area contributed by atoms with Crippen LogP contribution in [0.1, 0.15) is 99.3 Å². The zero-order valence-electron chi connectivity index (χ0n) is 22.6. The number of carboxylic acid groups (broad SMARTS) is 1. The topological polar surface area (TPSA) is 94.8 Å². The lowest BCUT2D eigenvalue weighted by atomic mass is 9.33. The summed E-state index contributed by atoms with van der Waals surface area (Å²) in [4.78, 5) is 26.5. The van der Waals surface area contributed by atoms with Gasteiger partial charge in [-0.1, -0.05) is 40.2 Å². The predicted octanol–water partition coefficient (Wildman–Crippen LogP) is 5.39. The molecule has 0 aromatic rings. The molecule has 35 heavy (non-hydrogen) atoms. The molecular formula is C30H46O5. The zero-order chi connectivity index (χ0) is 25.8. The van der Waals surface area contributed by atoms with Crippen molar-refractivity contribution >= 4 is 11.8 Å². The standard InChI is InChI=1S/C30H46O5/c1-25(2)21-7-10-30(17-31)23(28(21,5)9-8-22(25)33)20(32)15-18-19-16-27(4,24(34)35)12-11-26(19,3)13-14-29(18,30)6/h15,19,21-23,31,33H,7-14,16-17H2,1-6H3,(H,34,35). The van der Waals surface area contributed by atoms with E-state index in [0.717, 1.165) is 44.1 Å². The summed E-state index contributed by atoms with van der Waals surface area (Å²) in [6.07, 6.45) is 8.80. The van der Waals surface area contributed by atoms with E-state index in [2.05, 4.69) is 34.6 Å². The minimum atomic E-state index is -0.775. The summed E-state index contributed by atoms with van der Waals surface area (Å²) in [6, 6.07) is 0. The summed E-state index contributed by atoms with van der Waals surface area (Å²) in [6.45, 7) is 13.0. The van der Waals surface area contributed by atoms with Crippen LogP contribution in [0.25, 0.3) is 0 Å². The van der Waals surface area contributed by atoms with E-state index >= 15 is 0 Å². The average molecular weight is 487 g/mol. The van der Waals surface area contributed by atoms with Gasteiger partial charge < -0.3 is 15.3 Å². The molecule has 5 rings (SSSR count). The molecule has 3 N–H and O–H groups in total. The van der Waals surface area contributed by atoms with Crippen LogP contribution in [0.15, 0.2) is 11.6 Å². The molecule has 0 aromatic heterocycles. The predicted molar refractivity (Wildman–Crippen MR) is 134 cm³/mol. The molecule has 4 fully saturated rings. The quantitative estimate of drug-likeness (QED) is 0.487. The molecular weight excluding hydrogens is 440 g/mol. The van der Waals surface area contributed by atoms with Gasteiger partial charge in [0.05, 0.1) is 18.1 Å². The van der Waals surface area contributed by atoms with Crippen molar-refractivity contribution in [3.8, 4) is 0 Å². The molecule has 0 spiro atoms. The van der Waals surface area contributed by atoms with Crippen LogP contribution in [0.2, 0.25) is 0 Å². The zero-order valence-corrected chi connectivity index (χ0v) is 22.6. The lowest BCUT2D eigenvalue weighted by molar-refractivity contribution is -0.216. The molecule has 0 aliphatic heterocycles. The fourth-order valence-corrected chi connectivity index (χ4v) is 10.4. The summed E-state index contributed by atoms with van der Waals surface area (Å²) >= 11 is 0. The number of carboxylic acids is 1. The van der Waals surface area contributed by atoms with Gasteiger partial charge in [-0.05, 0) is 104 Å². The summed E-state index contributed by atoms with van der Waals surface area (Å²) < 4.78 is 0. The van der Waals surface area contributed by atoms with Gasteiger partial charge in [-0.3, -0.25) is 9.59 Å². The van der Waals surface area contributed by atoms with Crippen LogP contribution < -0.4 is 0 Å². The third-order valence-corrected chi connectivity index (χ3v) is 13.0. The van der Waals surface area contributed by atoms with Gasteiger partial charge in [-0.25, -0.2) is 0 Å². The maximum absolute atomic E-state index is 14.3. The third-order valence-electron chi connectivity index (χ3n) is 13.0. The Labute approximate surface area is 210 Å². The Morgan fingerprint density at radius 1 is 0.971 bits per heavy atom. The van der Waals surface area contributed by atoms with Crippen LogP contribution in [-0.2, 0) is 9.59 Å². The second-order valence-corrected chi connectivity index (χ2v) is 14.8. The number of rotatable bonds is 2. The van der Waals surface area contributed by atoms with E-state index < -0.39 is 16.8 Å². The molecule has 5 heteroatoms. The summed E-state index contributed by atoms with van der Waals surface area (Å²) in [5, 5.41) is 32.1. The highest BCUT2D eigenvalue weighted by molar-refractivity contribution is 5.96. The molecule has 5 aliphatic rings. The van der Waals surface area contributed by atoms with Crippen molar-refractivity contribution in [2.45, 2.75) is 105 Å². The number of fused-ring (bicyclic) bond motifs is 7. The Bertz CT molecular complexity index is 983. The Balaban J connectivity index is 1.65. The number of allylic oxidation sites excluding steroid dienone is 2. The van der Waals surface area contributed by atoms with E-state index in [9.17, 15) is 24.9 Å². The number of ketones is 1. The van der Waals surface area contributed by atoms with E-state index in [-0.39, 0.29) is 57.9 Å². The first-order valence-electron chi connectivity index (χ1n) is 13.9. The number of carbonyl (C=O) groups excluding carboxylic acids is 1. The third kappa shape index (κ3) is 3.00. The van der Waals surface area contributed by atoms with Crippen molar-refractivity contribution < 1.29 is 24.9 Å². The van der Waals surface area contributed by atoms with Gasteiger partial charge in [0.15, 0.2) is 5.78 Å². The molecule has 196 valence electrons. The Hall–Kier alpha value is -1.20. The summed E-state index contributed by atoms with van der Waals surface area (Å²) in [7, 11) is 0. The van der Waals surface area contributed by atoms with Gasteiger partial charge in [0.1, 0.15) is 0 Å². The maximum Gasteiger partial charge on any atom is 0.309 e. The number of aliphatic hydroxyl groups excluding tert-OH is 2. The molecule has 0 radical (unpaired) electrons. The first-order chi connectivity index (χ1) is 16.1. The van der Waals surface area contributed by atoms with Crippen LogP contribution in [0.3, 0.4) is 0 Å². The average Bonchev–Trinajstić information content (AvgIpc) is 2.78. The highest BCUT2D eigenvalue weighted by Gasteiger charge is 2.71. The number of hydrogen-bond acceptors (Lipinski definition) is 4. The smallest absolute Gasteiger partial charge is 0.309 e. The molecule has 4 saturated carbocycles. The van der Waals surface area contributed by atoms with Gasteiger partial charge >= 0.3 is 5.97 Å². The van der Waals surface area contributed by atoms with Crippen molar-refractivity contribution in [2.75, 3.05) is 6.61 Å². The maximum atomic E-state index is 14.3. The second-order valence-electron chi connectivity index (χ2n) is 14.8. The molecule has 9 unspecified atom stereocenters. The van der Waals surface area contributed by atoms with E-state index in [1.54, 1.807) is 0 Å². The van der Waals surface area contributed by atoms with Crippen LogP contribution in [0.5, 0.6) is 0 Å². The van der Waals surface area contributed by atoms with Crippen LogP contribution in [0.4, 0.5) is 0 Å². The van der Waals surface area contributed by atoms with Crippen molar-refractivity contribution in [1.29, 1.82) is 0 Å². The van der Waals surface area contributed by atoms with Crippen molar-refractivity contribution in [2.24, 2.45) is 50.2 Å². The lowest BCUT2D eigenvalue weighted by Crippen LogP contribution is -2.68. The minimum Gasteiger partial charge on any atom is -0.481 e. The molecule has 0 saturated heterocycles. The molecule has 5 nitrogen and oxygen atoms in total. The first kappa shape index (κ1) is 25.4. The number of aliphatic hydroxyl groups is 2. The molecule has 0 bridgehead atoms. The lowest BCUT2D eigenvalue weighted by Gasteiger charge is -2.70. The Morgan fingerprint density at radius 2 is 1.63 bits per heavy atom. The van der Waals surface area contributed by atoms with E-state index in [0.29, 0.717) is 19.3 Å². The van der Waals surface area contributed by atoms with Crippen molar-refractivity contribution in [1.82, 2.24) is 0 Å². The Kier molecular flexibility index (Phi) is 5.40. The number of hydrogen-bond donors (Lipinski definition) is 3. The molecule has 9 atom stereocenters. The van der Waals surface area contributed by atoms with Crippen LogP contribution >= 0.6 is 0 Å². The van der Waals surface area contributed by atoms with Crippen LogP contribution in [-0.4, -0.2) is 39.8 Å². The number of carbonyl (C=O) groups is 2. The largest absolute Gasteiger partial charge is 0.481 e. The Morgan fingerprint density at radius 3 is 2.26 bits per heavy atom. The minimum absolute atomic E-state index is 0.00209. The van der Waals surface area contributed by atoms with E-state index in [1.807, 2.05) is 13.0 Å². The molecule has 5 aliphatic carbocycles. The molecule has 0 aromatic carbocycles. The van der Waals surface area contributed by atoms with Crippen LogP contribution in [0, 0.1) is 50.2 Å². The monoisotopic (exact) mass is 486 g/mol. The molecule has 0 amide bonds. The van der Waals surface area contributed by atoms with Gasteiger partial charge in [-0.15, -0.1) is 0 Å². The van der Waals surface area contributed by atoms with Crippen molar-refractivity contribution in [3.05, 3.63) is 11.6 Å². The van der Waals surface area contributed by atoms with E-state index in [4.69, 9.17) is 0 Å².